The average molecular weight is 274 g/mol. The van der Waals surface area contributed by atoms with Crippen molar-refractivity contribution in [1.29, 1.82) is 0 Å². The molecule has 4 heteroatoms. The highest BCUT2D eigenvalue weighted by molar-refractivity contribution is 9.10. The Morgan fingerprint density at radius 2 is 2.27 bits per heavy atom. The standard InChI is InChI=1S/C11H13BrFNO/c1-2-3-11(15)14-7-8-6-9(13)4-5-10(8)12/h4-6H,2-3,7H2,1H3,(H,14,15). The van der Waals surface area contributed by atoms with E-state index in [-0.39, 0.29) is 11.7 Å². The first-order valence-electron chi connectivity index (χ1n) is 4.84. The molecule has 0 radical (unpaired) electrons. The number of carbonyl (C=O) groups is 1. The summed E-state index contributed by atoms with van der Waals surface area (Å²) < 4.78 is 13.7. The van der Waals surface area contributed by atoms with Crippen molar-refractivity contribution >= 4 is 21.8 Å². The second kappa shape index (κ2) is 5.85. The van der Waals surface area contributed by atoms with Gasteiger partial charge in [-0.25, -0.2) is 4.39 Å². The summed E-state index contributed by atoms with van der Waals surface area (Å²) in [7, 11) is 0. The van der Waals surface area contributed by atoms with E-state index in [1.807, 2.05) is 6.92 Å². The lowest BCUT2D eigenvalue weighted by atomic mass is 10.2. The molecule has 0 aliphatic carbocycles. The maximum atomic E-state index is 12.9. The zero-order valence-corrected chi connectivity index (χ0v) is 10.1. The first kappa shape index (κ1) is 12.2. The van der Waals surface area contributed by atoms with Crippen LogP contribution in [0.15, 0.2) is 22.7 Å². The van der Waals surface area contributed by atoms with Crippen molar-refractivity contribution in [2.45, 2.75) is 26.3 Å². The lowest BCUT2D eigenvalue weighted by Gasteiger charge is -2.06. The summed E-state index contributed by atoms with van der Waals surface area (Å²) >= 11 is 3.30. The molecule has 1 aromatic carbocycles. The maximum Gasteiger partial charge on any atom is 0.220 e. The van der Waals surface area contributed by atoms with Gasteiger partial charge in [0.2, 0.25) is 5.91 Å². The van der Waals surface area contributed by atoms with Crippen LogP contribution in [0.4, 0.5) is 4.39 Å². The Hall–Kier alpha value is -0.900. The highest BCUT2D eigenvalue weighted by atomic mass is 79.9. The third-order valence-corrected chi connectivity index (χ3v) is 2.73. The van der Waals surface area contributed by atoms with Gasteiger partial charge >= 0.3 is 0 Å². The Bertz CT molecular complexity index is 354. The van der Waals surface area contributed by atoms with Gasteiger partial charge in [0.05, 0.1) is 0 Å². The molecule has 0 spiro atoms. The fraction of sp³-hybridized carbons (Fsp3) is 0.364. The van der Waals surface area contributed by atoms with Crippen LogP contribution in [0.1, 0.15) is 25.3 Å². The van der Waals surface area contributed by atoms with Gasteiger partial charge in [-0.15, -0.1) is 0 Å². The van der Waals surface area contributed by atoms with Crippen molar-refractivity contribution in [1.82, 2.24) is 5.32 Å². The summed E-state index contributed by atoms with van der Waals surface area (Å²) in [5, 5.41) is 2.73. The van der Waals surface area contributed by atoms with Crippen molar-refractivity contribution in [2.75, 3.05) is 0 Å². The molecule has 0 bridgehead atoms. The predicted molar refractivity (Wildman–Crippen MR) is 60.9 cm³/mol. The van der Waals surface area contributed by atoms with Crippen LogP contribution in [0.2, 0.25) is 0 Å². The molecule has 0 unspecified atom stereocenters. The number of benzene rings is 1. The van der Waals surface area contributed by atoms with Crippen LogP contribution < -0.4 is 5.32 Å². The molecule has 0 fully saturated rings. The van der Waals surface area contributed by atoms with Crippen LogP contribution >= 0.6 is 15.9 Å². The Morgan fingerprint density at radius 1 is 1.53 bits per heavy atom. The zero-order chi connectivity index (χ0) is 11.3. The fourth-order valence-electron chi connectivity index (χ4n) is 1.19. The van der Waals surface area contributed by atoms with E-state index in [1.54, 1.807) is 6.07 Å². The SMILES string of the molecule is CCCC(=O)NCc1cc(F)ccc1Br. The summed E-state index contributed by atoms with van der Waals surface area (Å²) in [4.78, 5) is 11.2. The first-order chi connectivity index (χ1) is 7.13. The summed E-state index contributed by atoms with van der Waals surface area (Å²) in [6, 6.07) is 4.43. The molecule has 1 N–H and O–H groups in total. The quantitative estimate of drug-likeness (QED) is 0.898. The van der Waals surface area contributed by atoms with Gasteiger partial charge in [-0.1, -0.05) is 22.9 Å². The van der Waals surface area contributed by atoms with Gasteiger partial charge in [0.1, 0.15) is 5.82 Å². The Morgan fingerprint density at radius 3 is 2.93 bits per heavy atom. The molecule has 0 aliphatic rings. The summed E-state index contributed by atoms with van der Waals surface area (Å²) in [5.41, 5.74) is 0.749. The smallest absolute Gasteiger partial charge is 0.220 e. The van der Waals surface area contributed by atoms with E-state index in [2.05, 4.69) is 21.2 Å². The van der Waals surface area contributed by atoms with Crippen molar-refractivity contribution in [2.24, 2.45) is 0 Å². The molecule has 0 aromatic heterocycles. The monoisotopic (exact) mass is 273 g/mol. The molecule has 0 aliphatic heterocycles. The molecule has 1 aromatic rings. The van der Waals surface area contributed by atoms with Gasteiger partial charge in [-0.3, -0.25) is 4.79 Å². The minimum Gasteiger partial charge on any atom is -0.352 e. The minimum absolute atomic E-state index is 0.00587. The number of nitrogens with one attached hydrogen (secondary N) is 1. The van der Waals surface area contributed by atoms with Crippen LogP contribution in [0.3, 0.4) is 0 Å². The summed E-state index contributed by atoms with van der Waals surface area (Å²) in [6.45, 7) is 2.30. The second-order valence-electron chi connectivity index (χ2n) is 3.26. The van der Waals surface area contributed by atoms with E-state index in [1.165, 1.54) is 12.1 Å². The molecule has 0 atom stereocenters. The maximum absolute atomic E-state index is 12.9. The molecule has 1 rings (SSSR count). The van der Waals surface area contributed by atoms with Crippen molar-refractivity contribution in [3.05, 3.63) is 34.1 Å². The van der Waals surface area contributed by atoms with Crippen LogP contribution in [-0.4, -0.2) is 5.91 Å². The Labute approximate surface area is 97.0 Å². The van der Waals surface area contributed by atoms with E-state index >= 15 is 0 Å². The van der Waals surface area contributed by atoms with Gasteiger partial charge in [-0.05, 0) is 30.2 Å². The largest absolute Gasteiger partial charge is 0.352 e. The molecule has 0 saturated heterocycles. The highest BCUT2D eigenvalue weighted by Gasteiger charge is 2.03. The fourth-order valence-corrected chi connectivity index (χ4v) is 1.57. The van der Waals surface area contributed by atoms with Gasteiger partial charge in [0.25, 0.3) is 0 Å². The molecular formula is C11H13BrFNO. The molecule has 0 heterocycles. The minimum atomic E-state index is -0.294. The lowest BCUT2D eigenvalue weighted by Crippen LogP contribution is -2.22. The van der Waals surface area contributed by atoms with E-state index in [0.29, 0.717) is 13.0 Å². The number of rotatable bonds is 4. The van der Waals surface area contributed by atoms with Crippen molar-refractivity contribution in [3.63, 3.8) is 0 Å². The van der Waals surface area contributed by atoms with Gasteiger partial charge in [-0.2, -0.15) is 0 Å². The second-order valence-corrected chi connectivity index (χ2v) is 4.12. The summed E-state index contributed by atoms with van der Waals surface area (Å²) in [5.74, 6) is -0.299. The topological polar surface area (TPSA) is 29.1 Å². The third kappa shape index (κ3) is 4.00. The molecule has 1 amide bonds. The molecular weight excluding hydrogens is 261 g/mol. The van der Waals surface area contributed by atoms with Gasteiger partial charge in [0, 0.05) is 17.4 Å². The van der Waals surface area contributed by atoms with Crippen LogP contribution in [0.5, 0.6) is 0 Å². The van der Waals surface area contributed by atoms with Gasteiger partial charge < -0.3 is 5.32 Å². The number of hydrogen-bond acceptors (Lipinski definition) is 1. The zero-order valence-electron chi connectivity index (χ0n) is 8.52. The van der Waals surface area contributed by atoms with Crippen molar-refractivity contribution in [3.8, 4) is 0 Å². The molecule has 2 nitrogen and oxygen atoms in total. The van der Waals surface area contributed by atoms with E-state index in [4.69, 9.17) is 0 Å². The lowest BCUT2D eigenvalue weighted by molar-refractivity contribution is -0.121. The number of amides is 1. The molecule has 82 valence electrons. The number of halogens is 2. The predicted octanol–water partition coefficient (Wildman–Crippen LogP) is 3.00. The first-order valence-corrected chi connectivity index (χ1v) is 5.63. The van der Waals surface area contributed by atoms with E-state index < -0.39 is 0 Å². The number of hydrogen-bond donors (Lipinski definition) is 1. The normalized spacial score (nSPS) is 10.1. The van der Waals surface area contributed by atoms with Crippen LogP contribution in [0, 0.1) is 5.82 Å². The van der Waals surface area contributed by atoms with E-state index in [9.17, 15) is 9.18 Å². The Kier molecular flexibility index (Phi) is 4.75. The third-order valence-electron chi connectivity index (χ3n) is 1.96. The average Bonchev–Trinajstić information content (AvgIpc) is 2.20. The number of carbonyl (C=O) groups excluding carboxylic acids is 1. The van der Waals surface area contributed by atoms with Crippen LogP contribution in [0.25, 0.3) is 0 Å². The highest BCUT2D eigenvalue weighted by Crippen LogP contribution is 2.17. The van der Waals surface area contributed by atoms with Crippen LogP contribution in [-0.2, 0) is 11.3 Å². The Balaban J connectivity index is 2.57. The van der Waals surface area contributed by atoms with E-state index in [0.717, 1.165) is 16.5 Å². The molecule has 0 saturated carbocycles. The molecule has 15 heavy (non-hydrogen) atoms. The van der Waals surface area contributed by atoms with Gasteiger partial charge in [0.15, 0.2) is 0 Å². The summed E-state index contributed by atoms with van der Waals surface area (Å²) in [6.07, 6.45) is 1.32. The van der Waals surface area contributed by atoms with Crippen molar-refractivity contribution < 1.29 is 9.18 Å².